The van der Waals surface area contributed by atoms with Gasteiger partial charge in [-0.25, -0.2) is 13.2 Å². The summed E-state index contributed by atoms with van der Waals surface area (Å²) in [4.78, 5) is 11.5. The largest absolute Gasteiger partial charge is 0.496 e. The van der Waals surface area contributed by atoms with Gasteiger partial charge in [0.1, 0.15) is 5.75 Å². The van der Waals surface area contributed by atoms with Crippen LogP contribution < -0.4 is 9.04 Å². The average molecular weight is 510 g/mol. The summed E-state index contributed by atoms with van der Waals surface area (Å²) in [5, 5.41) is 9.14. The summed E-state index contributed by atoms with van der Waals surface area (Å²) >= 11 is 0. The molecule has 0 aromatic heterocycles. The van der Waals surface area contributed by atoms with E-state index in [1.807, 2.05) is 64.1 Å². The first-order valence-electron chi connectivity index (χ1n) is 12.2. The second kappa shape index (κ2) is 11.6. The highest BCUT2D eigenvalue weighted by Gasteiger charge is 2.30. The van der Waals surface area contributed by atoms with Gasteiger partial charge in [0.25, 0.3) is 10.0 Å². The first-order valence-corrected chi connectivity index (χ1v) is 13.6. The van der Waals surface area contributed by atoms with E-state index in [4.69, 9.17) is 9.84 Å². The standard InChI is InChI=1S/C29H35NO5S/c1-6-7-18-30(36(33,34)28-20(2)19-27(35-5)21(3)22(28)4)26-11-9-8-10-24(26)15-12-23-13-16-25(17-14-23)29(31)32/h8-11,13-14,16-17,19H,6-7,12,15,18H2,1-5H3,(H,31,32). The number of ether oxygens (including phenoxy) is 1. The molecule has 0 heterocycles. The smallest absolute Gasteiger partial charge is 0.335 e. The molecule has 3 aromatic carbocycles. The summed E-state index contributed by atoms with van der Waals surface area (Å²) in [7, 11) is -2.25. The number of sulfonamides is 1. The summed E-state index contributed by atoms with van der Waals surface area (Å²) < 4.78 is 35.4. The Balaban J connectivity index is 2.02. The highest BCUT2D eigenvalue weighted by molar-refractivity contribution is 7.93. The fourth-order valence-electron chi connectivity index (χ4n) is 4.47. The monoisotopic (exact) mass is 509 g/mol. The molecule has 0 aliphatic carbocycles. The molecule has 3 aromatic rings. The van der Waals surface area contributed by atoms with Gasteiger partial charge >= 0.3 is 5.97 Å². The van der Waals surface area contributed by atoms with E-state index in [2.05, 4.69) is 0 Å². The molecule has 0 saturated heterocycles. The topological polar surface area (TPSA) is 83.9 Å². The number of unbranched alkanes of at least 4 members (excludes halogenated alkanes) is 1. The summed E-state index contributed by atoms with van der Waals surface area (Å²) in [5.41, 5.74) is 5.03. The fraction of sp³-hybridized carbons (Fsp3) is 0.345. The zero-order chi connectivity index (χ0) is 26.5. The SMILES string of the molecule is CCCCN(c1ccccc1CCc1ccc(C(=O)O)cc1)S(=O)(=O)c1c(C)cc(OC)c(C)c1C. The fourth-order valence-corrected chi connectivity index (χ4v) is 6.50. The summed E-state index contributed by atoms with van der Waals surface area (Å²) in [6.07, 6.45) is 2.89. The lowest BCUT2D eigenvalue weighted by Gasteiger charge is -2.29. The van der Waals surface area contributed by atoms with Crippen molar-refractivity contribution < 1.29 is 23.1 Å². The first-order chi connectivity index (χ1) is 17.1. The number of para-hydroxylation sites is 1. The van der Waals surface area contributed by atoms with Crippen molar-refractivity contribution >= 4 is 21.7 Å². The Morgan fingerprint density at radius 1 is 0.972 bits per heavy atom. The number of methoxy groups -OCH3 is 1. The summed E-state index contributed by atoms with van der Waals surface area (Å²) in [5.74, 6) is -0.276. The number of aryl methyl sites for hydroxylation is 3. The van der Waals surface area contributed by atoms with Gasteiger partial charge in [-0.3, -0.25) is 4.31 Å². The molecule has 0 aliphatic rings. The third-order valence-corrected chi connectivity index (χ3v) is 8.71. The van der Waals surface area contributed by atoms with Crippen LogP contribution in [0.3, 0.4) is 0 Å². The number of hydrogen-bond donors (Lipinski definition) is 1. The van der Waals surface area contributed by atoms with Gasteiger partial charge in [0.15, 0.2) is 0 Å². The normalized spacial score (nSPS) is 11.4. The predicted molar refractivity (Wildman–Crippen MR) is 144 cm³/mol. The average Bonchev–Trinajstić information content (AvgIpc) is 2.85. The molecule has 0 fully saturated rings. The molecule has 0 spiro atoms. The maximum atomic E-state index is 14.2. The third-order valence-electron chi connectivity index (χ3n) is 6.61. The van der Waals surface area contributed by atoms with Crippen LogP contribution >= 0.6 is 0 Å². The minimum absolute atomic E-state index is 0.247. The van der Waals surface area contributed by atoms with Gasteiger partial charge in [-0.2, -0.15) is 0 Å². The first kappa shape index (κ1) is 27.3. The number of carboxylic acids is 1. The molecule has 36 heavy (non-hydrogen) atoms. The van der Waals surface area contributed by atoms with Crippen LogP contribution in [0, 0.1) is 20.8 Å². The number of hydrogen-bond acceptors (Lipinski definition) is 4. The number of aromatic carboxylic acids is 1. The lowest BCUT2D eigenvalue weighted by Crippen LogP contribution is -2.34. The predicted octanol–water partition coefficient (Wildman–Crippen LogP) is 6.10. The van der Waals surface area contributed by atoms with Crippen molar-refractivity contribution in [1.29, 1.82) is 0 Å². The lowest BCUT2D eigenvalue weighted by molar-refractivity contribution is 0.0697. The number of anilines is 1. The third kappa shape index (κ3) is 5.73. The minimum atomic E-state index is -3.84. The molecule has 0 unspecified atom stereocenters. The van der Waals surface area contributed by atoms with E-state index in [0.717, 1.165) is 29.5 Å². The van der Waals surface area contributed by atoms with Gasteiger partial charge in [0.2, 0.25) is 0 Å². The second-order valence-electron chi connectivity index (χ2n) is 9.04. The van der Waals surface area contributed by atoms with Crippen molar-refractivity contribution in [2.45, 2.75) is 58.3 Å². The molecule has 0 bridgehead atoms. The number of nitrogens with zero attached hydrogens (tertiary/aromatic N) is 1. The molecule has 0 atom stereocenters. The molecule has 3 rings (SSSR count). The molecule has 0 radical (unpaired) electrons. The second-order valence-corrected chi connectivity index (χ2v) is 10.8. The minimum Gasteiger partial charge on any atom is -0.496 e. The van der Waals surface area contributed by atoms with Crippen LogP contribution in [0.4, 0.5) is 5.69 Å². The van der Waals surface area contributed by atoms with Crippen LogP contribution in [-0.4, -0.2) is 33.1 Å². The van der Waals surface area contributed by atoms with Crippen molar-refractivity contribution in [3.05, 3.63) is 88.0 Å². The molecule has 6 nitrogen and oxygen atoms in total. The van der Waals surface area contributed by atoms with Crippen LogP contribution in [0.5, 0.6) is 5.75 Å². The Kier molecular flexibility index (Phi) is 8.79. The van der Waals surface area contributed by atoms with Crippen LogP contribution in [-0.2, 0) is 22.9 Å². The maximum absolute atomic E-state index is 14.2. The van der Waals surface area contributed by atoms with Crippen molar-refractivity contribution in [1.82, 2.24) is 0 Å². The molecule has 1 N–H and O–H groups in total. The molecule has 7 heteroatoms. The Morgan fingerprint density at radius 2 is 1.64 bits per heavy atom. The van der Waals surface area contributed by atoms with E-state index in [-0.39, 0.29) is 5.56 Å². The molecule has 0 aliphatic heterocycles. The van der Waals surface area contributed by atoms with E-state index in [0.29, 0.717) is 46.8 Å². The van der Waals surface area contributed by atoms with Gasteiger partial charge in [-0.15, -0.1) is 0 Å². The van der Waals surface area contributed by atoms with Crippen LogP contribution in [0.1, 0.15) is 57.9 Å². The van der Waals surface area contributed by atoms with E-state index in [9.17, 15) is 13.2 Å². The highest BCUT2D eigenvalue weighted by atomic mass is 32.2. The van der Waals surface area contributed by atoms with Crippen LogP contribution in [0.25, 0.3) is 0 Å². The molecular weight excluding hydrogens is 474 g/mol. The van der Waals surface area contributed by atoms with Crippen molar-refractivity contribution in [3.8, 4) is 5.75 Å². The molecule has 192 valence electrons. The van der Waals surface area contributed by atoms with Crippen LogP contribution in [0.2, 0.25) is 0 Å². The van der Waals surface area contributed by atoms with Gasteiger partial charge in [0, 0.05) is 6.54 Å². The van der Waals surface area contributed by atoms with Gasteiger partial charge < -0.3 is 9.84 Å². The zero-order valence-electron chi connectivity index (χ0n) is 21.7. The Morgan fingerprint density at radius 3 is 2.25 bits per heavy atom. The number of carbonyl (C=O) groups is 1. The van der Waals surface area contributed by atoms with Gasteiger partial charge in [-0.05, 0) is 92.1 Å². The summed E-state index contributed by atoms with van der Waals surface area (Å²) in [6.45, 7) is 7.96. The Hall–Kier alpha value is -3.32. The zero-order valence-corrected chi connectivity index (χ0v) is 22.5. The van der Waals surface area contributed by atoms with Gasteiger partial charge in [-0.1, -0.05) is 43.7 Å². The Labute approximate surface area is 214 Å². The summed E-state index contributed by atoms with van der Waals surface area (Å²) in [6, 6.07) is 16.2. The van der Waals surface area contributed by atoms with E-state index in [1.165, 1.54) is 0 Å². The van der Waals surface area contributed by atoms with E-state index in [1.54, 1.807) is 29.6 Å². The molecule has 0 amide bonds. The van der Waals surface area contributed by atoms with Crippen molar-refractivity contribution in [2.24, 2.45) is 0 Å². The number of benzene rings is 3. The highest BCUT2D eigenvalue weighted by Crippen LogP contribution is 2.35. The molecule has 0 saturated carbocycles. The maximum Gasteiger partial charge on any atom is 0.335 e. The molecular formula is C29H35NO5S. The van der Waals surface area contributed by atoms with E-state index >= 15 is 0 Å². The number of rotatable bonds is 11. The quantitative estimate of drug-likeness (QED) is 0.338. The van der Waals surface area contributed by atoms with Crippen molar-refractivity contribution in [3.63, 3.8) is 0 Å². The van der Waals surface area contributed by atoms with E-state index < -0.39 is 16.0 Å². The van der Waals surface area contributed by atoms with Gasteiger partial charge in [0.05, 0.1) is 23.3 Å². The van der Waals surface area contributed by atoms with Crippen molar-refractivity contribution in [2.75, 3.05) is 18.0 Å². The lowest BCUT2D eigenvalue weighted by atomic mass is 10.0. The Bertz CT molecular complexity index is 1330. The number of carboxylic acid groups (broad SMARTS) is 1. The van der Waals surface area contributed by atoms with Crippen LogP contribution in [0.15, 0.2) is 59.5 Å².